The number of aromatic nitrogens is 4. The summed E-state index contributed by atoms with van der Waals surface area (Å²) in [6.07, 6.45) is 5.23. The molecule has 0 unspecified atom stereocenters. The number of nitrogens with two attached hydrogens (primary N) is 2. The van der Waals surface area contributed by atoms with Crippen molar-refractivity contribution in [2.75, 3.05) is 11.5 Å². The van der Waals surface area contributed by atoms with Gasteiger partial charge < -0.3 is 11.5 Å². The van der Waals surface area contributed by atoms with E-state index in [0.717, 1.165) is 27.6 Å². The minimum Gasteiger partial charge on any atom is -0.383 e. The Morgan fingerprint density at radius 2 is 1.62 bits per heavy atom. The van der Waals surface area contributed by atoms with E-state index >= 15 is 0 Å². The summed E-state index contributed by atoms with van der Waals surface area (Å²) in [6, 6.07) is 13.9. The van der Waals surface area contributed by atoms with Crippen LogP contribution >= 0.6 is 0 Å². The van der Waals surface area contributed by atoms with E-state index in [-0.39, 0.29) is 5.95 Å². The zero-order chi connectivity index (χ0) is 16.5. The fourth-order valence-corrected chi connectivity index (χ4v) is 2.70. The number of rotatable bonds is 2. The number of nitrogen functional groups attached to an aromatic ring is 2. The molecule has 6 heteroatoms. The number of nitrogens with zero attached hydrogens (tertiary/aromatic N) is 4. The van der Waals surface area contributed by atoms with E-state index < -0.39 is 0 Å². The maximum atomic E-state index is 6.19. The summed E-state index contributed by atoms with van der Waals surface area (Å²) in [6.45, 7) is 0. The SMILES string of the molecule is Nc1ncc2cc(-c3ccccc3-c3cccnc3)c(N)nc2n1. The number of anilines is 2. The van der Waals surface area contributed by atoms with Gasteiger partial charge in [-0.1, -0.05) is 30.3 Å². The highest BCUT2D eigenvalue weighted by molar-refractivity contribution is 5.92. The molecular weight excluding hydrogens is 300 g/mol. The molecule has 1 aromatic carbocycles. The number of pyridine rings is 2. The molecule has 4 rings (SSSR count). The highest BCUT2D eigenvalue weighted by Crippen LogP contribution is 2.35. The fraction of sp³-hybridized carbons (Fsp3) is 0. The van der Waals surface area contributed by atoms with Gasteiger partial charge in [0.2, 0.25) is 5.95 Å². The van der Waals surface area contributed by atoms with Gasteiger partial charge in [-0.2, -0.15) is 4.98 Å². The van der Waals surface area contributed by atoms with Crippen LogP contribution in [0.4, 0.5) is 11.8 Å². The van der Waals surface area contributed by atoms with Crippen LogP contribution in [0.1, 0.15) is 0 Å². The van der Waals surface area contributed by atoms with Gasteiger partial charge in [-0.3, -0.25) is 4.98 Å². The summed E-state index contributed by atoms with van der Waals surface area (Å²) in [5, 5.41) is 0.786. The van der Waals surface area contributed by atoms with Crippen LogP contribution in [0.15, 0.2) is 61.1 Å². The molecule has 0 aliphatic heterocycles. The zero-order valence-corrected chi connectivity index (χ0v) is 12.7. The summed E-state index contributed by atoms with van der Waals surface area (Å²) < 4.78 is 0. The van der Waals surface area contributed by atoms with Crippen LogP contribution in [-0.2, 0) is 0 Å². The van der Waals surface area contributed by atoms with Crippen LogP contribution in [0, 0.1) is 0 Å². The third-order valence-corrected chi connectivity index (χ3v) is 3.81. The molecule has 0 saturated carbocycles. The van der Waals surface area contributed by atoms with E-state index in [0.29, 0.717) is 11.5 Å². The van der Waals surface area contributed by atoms with Crippen LogP contribution in [0.2, 0.25) is 0 Å². The van der Waals surface area contributed by atoms with Gasteiger partial charge in [0.1, 0.15) is 5.82 Å². The lowest BCUT2D eigenvalue weighted by Crippen LogP contribution is -2.00. The van der Waals surface area contributed by atoms with Crippen molar-refractivity contribution in [1.29, 1.82) is 0 Å². The van der Waals surface area contributed by atoms with Crippen molar-refractivity contribution >= 4 is 22.8 Å². The zero-order valence-electron chi connectivity index (χ0n) is 12.7. The number of fused-ring (bicyclic) bond motifs is 1. The van der Waals surface area contributed by atoms with Gasteiger partial charge in [0.15, 0.2) is 5.65 Å². The third-order valence-electron chi connectivity index (χ3n) is 3.81. The van der Waals surface area contributed by atoms with Crippen molar-refractivity contribution in [1.82, 2.24) is 19.9 Å². The Hall–Kier alpha value is -3.54. The van der Waals surface area contributed by atoms with Gasteiger partial charge in [0, 0.05) is 35.1 Å². The van der Waals surface area contributed by atoms with Crippen LogP contribution in [0.3, 0.4) is 0 Å². The van der Waals surface area contributed by atoms with Crippen molar-refractivity contribution in [3.8, 4) is 22.3 Å². The molecule has 3 heterocycles. The smallest absolute Gasteiger partial charge is 0.222 e. The van der Waals surface area contributed by atoms with Gasteiger partial charge in [0.25, 0.3) is 0 Å². The van der Waals surface area contributed by atoms with E-state index in [1.54, 1.807) is 12.4 Å². The lowest BCUT2D eigenvalue weighted by molar-refractivity contribution is 1.20. The average molecular weight is 314 g/mol. The first-order valence-electron chi connectivity index (χ1n) is 7.41. The van der Waals surface area contributed by atoms with Gasteiger partial charge in [-0.25, -0.2) is 9.97 Å². The van der Waals surface area contributed by atoms with Crippen LogP contribution < -0.4 is 11.5 Å². The Labute approximate surface area is 138 Å². The van der Waals surface area contributed by atoms with Crippen LogP contribution in [0.5, 0.6) is 0 Å². The molecule has 0 amide bonds. The Bertz CT molecular complexity index is 1030. The molecule has 6 nitrogen and oxygen atoms in total. The predicted octanol–water partition coefficient (Wildman–Crippen LogP) is 2.92. The summed E-state index contributed by atoms with van der Waals surface area (Å²) in [7, 11) is 0. The largest absolute Gasteiger partial charge is 0.383 e. The quantitative estimate of drug-likeness (QED) is 0.589. The molecule has 0 aliphatic rings. The second-order valence-corrected chi connectivity index (χ2v) is 5.35. The molecule has 116 valence electrons. The molecule has 4 N–H and O–H groups in total. The normalized spacial score (nSPS) is 10.8. The Morgan fingerprint density at radius 1 is 0.792 bits per heavy atom. The first kappa shape index (κ1) is 14.1. The van der Waals surface area contributed by atoms with E-state index in [1.807, 2.05) is 48.7 Å². The highest BCUT2D eigenvalue weighted by atomic mass is 15.0. The van der Waals surface area contributed by atoms with Gasteiger partial charge in [0.05, 0.1) is 0 Å². The lowest BCUT2D eigenvalue weighted by Gasteiger charge is -2.12. The first-order chi connectivity index (χ1) is 11.7. The number of hydrogen-bond donors (Lipinski definition) is 2. The summed E-state index contributed by atoms with van der Waals surface area (Å²) in [5.74, 6) is 0.579. The molecule has 0 aliphatic carbocycles. The minimum atomic E-state index is 0.179. The molecule has 0 radical (unpaired) electrons. The molecule has 0 fully saturated rings. The van der Waals surface area contributed by atoms with Crippen LogP contribution in [-0.4, -0.2) is 19.9 Å². The Morgan fingerprint density at radius 3 is 2.42 bits per heavy atom. The maximum absolute atomic E-state index is 6.19. The topological polar surface area (TPSA) is 104 Å². The van der Waals surface area contributed by atoms with E-state index in [4.69, 9.17) is 11.5 Å². The van der Waals surface area contributed by atoms with Crippen molar-refractivity contribution < 1.29 is 0 Å². The predicted molar refractivity (Wildman–Crippen MR) is 94.8 cm³/mol. The molecule has 0 bridgehead atoms. The molecule has 3 aromatic heterocycles. The van der Waals surface area contributed by atoms with Crippen molar-refractivity contribution in [2.24, 2.45) is 0 Å². The van der Waals surface area contributed by atoms with Gasteiger partial charge in [-0.05, 0) is 23.3 Å². The highest BCUT2D eigenvalue weighted by Gasteiger charge is 2.12. The lowest BCUT2D eigenvalue weighted by atomic mass is 9.95. The molecular formula is C18H14N6. The van der Waals surface area contributed by atoms with E-state index in [2.05, 4.69) is 19.9 Å². The summed E-state index contributed by atoms with van der Waals surface area (Å²) in [4.78, 5) is 16.7. The second-order valence-electron chi connectivity index (χ2n) is 5.35. The average Bonchev–Trinajstić information content (AvgIpc) is 2.62. The molecule has 24 heavy (non-hydrogen) atoms. The van der Waals surface area contributed by atoms with E-state index in [1.165, 1.54) is 0 Å². The van der Waals surface area contributed by atoms with Crippen molar-refractivity contribution in [3.63, 3.8) is 0 Å². The van der Waals surface area contributed by atoms with E-state index in [9.17, 15) is 0 Å². The summed E-state index contributed by atoms with van der Waals surface area (Å²) in [5.41, 5.74) is 16.2. The monoisotopic (exact) mass is 314 g/mol. The molecule has 0 saturated heterocycles. The fourth-order valence-electron chi connectivity index (χ4n) is 2.70. The molecule has 4 aromatic rings. The maximum Gasteiger partial charge on any atom is 0.222 e. The van der Waals surface area contributed by atoms with Gasteiger partial charge in [-0.15, -0.1) is 0 Å². The van der Waals surface area contributed by atoms with Crippen LogP contribution in [0.25, 0.3) is 33.3 Å². The van der Waals surface area contributed by atoms with Crippen molar-refractivity contribution in [3.05, 3.63) is 61.1 Å². The second kappa shape index (κ2) is 5.58. The van der Waals surface area contributed by atoms with Gasteiger partial charge >= 0.3 is 0 Å². The Balaban J connectivity index is 1.96. The first-order valence-corrected chi connectivity index (χ1v) is 7.41. The van der Waals surface area contributed by atoms with Crippen molar-refractivity contribution in [2.45, 2.75) is 0 Å². The number of hydrogen-bond acceptors (Lipinski definition) is 6. The molecule has 0 atom stereocenters. The number of benzene rings is 1. The minimum absolute atomic E-state index is 0.179. The third kappa shape index (κ3) is 2.40. The summed E-state index contributed by atoms with van der Waals surface area (Å²) >= 11 is 0. The standard InChI is InChI=1S/C18H14N6/c19-16-15(8-12-10-22-18(20)24-17(12)23-16)14-6-2-1-5-13(14)11-4-3-7-21-9-11/h1-10H,(H4,19,20,22,23,24). The Kier molecular flexibility index (Phi) is 3.28. The molecule has 0 spiro atoms.